The lowest BCUT2D eigenvalue weighted by atomic mass is 10.1. The van der Waals surface area contributed by atoms with Gasteiger partial charge in [-0.2, -0.15) is 0 Å². The fourth-order valence-electron chi connectivity index (χ4n) is 3.20. The fourth-order valence-corrected chi connectivity index (χ4v) is 3.20. The molecule has 0 fully saturated rings. The van der Waals surface area contributed by atoms with Crippen molar-refractivity contribution in [1.29, 1.82) is 0 Å². The van der Waals surface area contributed by atoms with E-state index in [-0.39, 0.29) is 5.56 Å². The molecule has 134 valence electrons. The monoisotopic (exact) mass is 350 g/mol. The summed E-state index contributed by atoms with van der Waals surface area (Å²) in [6, 6.07) is 14.2. The second-order valence-electron chi connectivity index (χ2n) is 6.51. The third-order valence-electron chi connectivity index (χ3n) is 4.74. The van der Waals surface area contributed by atoms with E-state index in [1.165, 1.54) is 11.1 Å². The number of H-pyrrole nitrogens is 1. The van der Waals surface area contributed by atoms with Crippen molar-refractivity contribution in [2.24, 2.45) is 0 Å². The molecule has 2 N–H and O–H groups in total. The maximum Gasteiger partial charge on any atom is 0.252 e. The van der Waals surface area contributed by atoms with E-state index in [1.54, 1.807) is 0 Å². The van der Waals surface area contributed by atoms with E-state index in [0.29, 0.717) is 13.3 Å². The smallest absolute Gasteiger partial charge is 0.252 e. The fraction of sp³-hybridized carbons (Fsp3) is 0.286. The van der Waals surface area contributed by atoms with Crippen LogP contribution in [0.4, 0.5) is 0 Å². The van der Waals surface area contributed by atoms with Crippen LogP contribution < -0.4 is 20.3 Å². The predicted octanol–water partition coefficient (Wildman–Crippen LogP) is 3.15. The van der Waals surface area contributed by atoms with Crippen molar-refractivity contribution in [3.05, 3.63) is 69.5 Å². The Morgan fingerprint density at radius 3 is 2.77 bits per heavy atom. The molecule has 0 radical (unpaired) electrons. The highest BCUT2D eigenvalue weighted by atomic mass is 16.7. The number of hydrogen-bond acceptors (Lipinski definition) is 4. The van der Waals surface area contributed by atoms with Crippen molar-refractivity contribution in [3.8, 4) is 11.5 Å². The molecule has 0 spiro atoms. The maximum atomic E-state index is 12.3. The first-order valence-corrected chi connectivity index (χ1v) is 8.97. The topological polar surface area (TPSA) is 63.4 Å². The summed E-state index contributed by atoms with van der Waals surface area (Å²) >= 11 is 0. The molecule has 5 heteroatoms. The number of aromatic amines is 1. The van der Waals surface area contributed by atoms with Gasteiger partial charge in [-0.3, -0.25) is 4.79 Å². The number of aromatic nitrogens is 1. The van der Waals surface area contributed by atoms with Gasteiger partial charge in [0.05, 0.1) is 0 Å². The van der Waals surface area contributed by atoms with E-state index < -0.39 is 0 Å². The molecule has 0 saturated carbocycles. The van der Waals surface area contributed by atoms with Gasteiger partial charge >= 0.3 is 0 Å². The Hall–Kier alpha value is -2.79. The van der Waals surface area contributed by atoms with Crippen molar-refractivity contribution in [3.63, 3.8) is 0 Å². The molecule has 3 aromatic rings. The standard InChI is InChI=1S/C21H22N2O3/c1-2-14-3-5-18-16(9-14)11-17(21(24)23-18)12-22-8-7-15-4-6-19-20(10-15)26-13-25-19/h3-6,9-11,22H,2,7-8,12-13H2,1H3,(H,23,24). The van der Waals surface area contributed by atoms with Crippen molar-refractivity contribution >= 4 is 10.9 Å². The highest BCUT2D eigenvalue weighted by Gasteiger charge is 2.12. The number of fused-ring (bicyclic) bond motifs is 2. The summed E-state index contributed by atoms with van der Waals surface area (Å²) in [6.07, 6.45) is 1.85. The van der Waals surface area contributed by atoms with Crippen LogP contribution >= 0.6 is 0 Å². The van der Waals surface area contributed by atoms with Gasteiger partial charge in [-0.15, -0.1) is 0 Å². The van der Waals surface area contributed by atoms with E-state index in [1.807, 2.05) is 30.3 Å². The molecule has 1 aliphatic heterocycles. The lowest BCUT2D eigenvalue weighted by Crippen LogP contribution is -2.22. The molecule has 0 bridgehead atoms. The number of nitrogens with one attached hydrogen (secondary N) is 2. The highest BCUT2D eigenvalue weighted by Crippen LogP contribution is 2.32. The van der Waals surface area contributed by atoms with Crippen LogP contribution in [-0.4, -0.2) is 18.3 Å². The van der Waals surface area contributed by atoms with Gasteiger partial charge in [0, 0.05) is 17.6 Å². The molecule has 2 aromatic carbocycles. The zero-order valence-electron chi connectivity index (χ0n) is 14.8. The molecular weight excluding hydrogens is 328 g/mol. The molecule has 2 heterocycles. The average molecular weight is 350 g/mol. The van der Waals surface area contributed by atoms with Crippen LogP contribution in [-0.2, 0) is 19.4 Å². The van der Waals surface area contributed by atoms with Crippen LogP contribution in [0.5, 0.6) is 11.5 Å². The summed E-state index contributed by atoms with van der Waals surface area (Å²) in [5.41, 5.74) is 4.07. The van der Waals surface area contributed by atoms with Gasteiger partial charge in [0.2, 0.25) is 6.79 Å². The highest BCUT2D eigenvalue weighted by molar-refractivity contribution is 5.79. The number of benzene rings is 2. The van der Waals surface area contributed by atoms with E-state index >= 15 is 0 Å². The number of ether oxygens (including phenoxy) is 2. The van der Waals surface area contributed by atoms with E-state index in [4.69, 9.17) is 9.47 Å². The minimum atomic E-state index is -0.0303. The van der Waals surface area contributed by atoms with Crippen LogP contribution in [0.1, 0.15) is 23.6 Å². The van der Waals surface area contributed by atoms with Gasteiger partial charge in [0.1, 0.15) is 0 Å². The summed E-state index contributed by atoms with van der Waals surface area (Å²) in [5, 5.41) is 4.44. The van der Waals surface area contributed by atoms with Crippen molar-refractivity contribution in [2.45, 2.75) is 26.3 Å². The van der Waals surface area contributed by atoms with Crippen molar-refractivity contribution in [1.82, 2.24) is 10.3 Å². The molecule has 0 saturated heterocycles. The number of pyridine rings is 1. The molecule has 26 heavy (non-hydrogen) atoms. The van der Waals surface area contributed by atoms with Crippen LogP contribution in [0.3, 0.4) is 0 Å². The van der Waals surface area contributed by atoms with Crippen molar-refractivity contribution < 1.29 is 9.47 Å². The minimum absolute atomic E-state index is 0.0303. The quantitative estimate of drug-likeness (QED) is 0.671. The predicted molar refractivity (Wildman–Crippen MR) is 102 cm³/mol. The van der Waals surface area contributed by atoms with Gasteiger partial charge in [-0.1, -0.05) is 19.1 Å². The molecule has 1 aliphatic rings. The summed E-state index contributed by atoms with van der Waals surface area (Å²) < 4.78 is 10.7. The number of rotatable bonds is 6. The first kappa shape index (κ1) is 16.7. The Morgan fingerprint density at radius 2 is 1.88 bits per heavy atom. The number of hydrogen-bond donors (Lipinski definition) is 2. The Kier molecular flexibility index (Phi) is 4.63. The molecule has 1 aromatic heterocycles. The maximum absolute atomic E-state index is 12.3. The summed E-state index contributed by atoms with van der Waals surface area (Å²) in [6.45, 7) is 3.76. The van der Waals surface area contributed by atoms with E-state index in [2.05, 4.69) is 29.4 Å². The Labute approximate surface area is 152 Å². The molecule has 4 rings (SSSR count). The second-order valence-corrected chi connectivity index (χ2v) is 6.51. The molecule has 0 atom stereocenters. The molecule has 0 unspecified atom stereocenters. The summed E-state index contributed by atoms with van der Waals surface area (Å²) in [4.78, 5) is 15.2. The Bertz CT molecular complexity index is 994. The number of aryl methyl sites for hydroxylation is 1. The SMILES string of the molecule is CCc1ccc2[nH]c(=O)c(CNCCc3ccc4c(c3)OCO4)cc2c1. The Balaban J connectivity index is 1.39. The first-order chi connectivity index (χ1) is 12.7. The molecular formula is C21H22N2O3. The third kappa shape index (κ3) is 3.44. The van der Waals surface area contributed by atoms with Gasteiger partial charge in [0.25, 0.3) is 5.56 Å². The van der Waals surface area contributed by atoms with Crippen LogP contribution in [0.2, 0.25) is 0 Å². The van der Waals surface area contributed by atoms with Crippen LogP contribution in [0.15, 0.2) is 47.3 Å². The third-order valence-corrected chi connectivity index (χ3v) is 4.74. The zero-order valence-corrected chi connectivity index (χ0v) is 14.8. The van der Waals surface area contributed by atoms with Gasteiger partial charge < -0.3 is 19.8 Å². The Morgan fingerprint density at radius 1 is 1.04 bits per heavy atom. The molecule has 0 amide bonds. The minimum Gasteiger partial charge on any atom is -0.454 e. The van der Waals surface area contributed by atoms with Gasteiger partial charge in [-0.25, -0.2) is 0 Å². The van der Waals surface area contributed by atoms with Crippen molar-refractivity contribution in [2.75, 3.05) is 13.3 Å². The lowest BCUT2D eigenvalue weighted by Gasteiger charge is -2.07. The zero-order chi connectivity index (χ0) is 17.9. The first-order valence-electron chi connectivity index (χ1n) is 8.97. The summed E-state index contributed by atoms with van der Waals surface area (Å²) in [5.74, 6) is 1.61. The second kappa shape index (κ2) is 7.22. The normalized spacial score (nSPS) is 12.7. The van der Waals surface area contributed by atoms with E-state index in [0.717, 1.165) is 47.4 Å². The summed E-state index contributed by atoms with van der Waals surface area (Å²) in [7, 11) is 0. The van der Waals surface area contributed by atoms with E-state index in [9.17, 15) is 4.79 Å². The van der Waals surface area contributed by atoms with Gasteiger partial charge in [-0.05, 0) is 66.2 Å². The molecule has 5 nitrogen and oxygen atoms in total. The largest absolute Gasteiger partial charge is 0.454 e. The lowest BCUT2D eigenvalue weighted by molar-refractivity contribution is 0.174. The molecule has 0 aliphatic carbocycles. The van der Waals surface area contributed by atoms with Crippen LogP contribution in [0.25, 0.3) is 10.9 Å². The van der Waals surface area contributed by atoms with Gasteiger partial charge in [0.15, 0.2) is 11.5 Å². The average Bonchev–Trinajstić information content (AvgIpc) is 3.13. The van der Waals surface area contributed by atoms with Crippen LogP contribution in [0, 0.1) is 0 Å².